The molecule has 3 nitrogen and oxygen atoms in total. The molecular weight excluding hydrogens is 302 g/mol. The second kappa shape index (κ2) is 7.78. The topological polar surface area (TPSA) is 28.2 Å². The van der Waals surface area contributed by atoms with E-state index in [1.165, 1.54) is 10.4 Å². The van der Waals surface area contributed by atoms with Crippen LogP contribution >= 0.6 is 22.9 Å². The molecule has 0 atom stereocenters. The van der Waals surface area contributed by atoms with E-state index in [9.17, 15) is 0 Å². The maximum absolute atomic E-state index is 6.44. The monoisotopic (exact) mass is 323 g/mol. The lowest BCUT2D eigenvalue weighted by molar-refractivity contribution is 0.675. The molecule has 2 rings (SSSR count). The molecule has 21 heavy (non-hydrogen) atoms. The van der Waals surface area contributed by atoms with E-state index in [0.717, 1.165) is 42.5 Å². The summed E-state index contributed by atoms with van der Waals surface area (Å²) in [6.45, 7) is 6.95. The molecule has 0 bridgehead atoms. The van der Waals surface area contributed by atoms with Crippen LogP contribution in [0.3, 0.4) is 0 Å². The number of hydrogen-bond donors (Lipinski definition) is 1. The van der Waals surface area contributed by atoms with Gasteiger partial charge in [-0.25, -0.2) is 4.98 Å². The standard InChI is InChI=1S/C16H22ClN3S/c1-4-7-18-9-13-5-6-15(14(17)8-13)20(3)10-16-12(2)19-11-21-16/h5-6,8,11,18H,4,7,9-10H2,1-3H3. The first-order chi connectivity index (χ1) is 10.1. The van der Waals surface area contributed by atoms with Crippen LogP contribution in [0.4, 0.5) is 5.69 Å². The molecule has 0 spiro atoms. The Morgan fingerprint density at radius 1 is 1.38 bits per heavy atom. The molecule has 0 aliphatic rings. The number of nitrogens with zero attached hydrogens (tertiary/aromatic N) is 2. The van der Waals surface area contributed by atoms with Gasteiger partial charge in [0, 0.05) is 18.5 Å². The summed E-state index contributed by atoms with van der Waals surface area (Å²) in [7, 11) is 2.06. The minimum Gasteiger partial charge on any atom is -0.368 e. The third-order valence-corrected chi connectivity index (χ3v) is 4.63. The van der Waals surface area contributed by atoms with Gasteiger partial charge in [-0.1, -0.05) is 24.6 Å². The van der Waals surface area contributed by atoms with E-state index in [1.807, 2.05) is 12.4 Å². The van der Waals surface area contributed by atoms with Crippen molar-refractivity contribution in [1.82, 2.24) is 10.3 Å². The van der Waals surface area contributed by atoms with E-state index in [4.69, 9.17) is 11.6 Å². The van der Waals surface area contributed by atoms with Crippen molar-refractivity contribution in [1.29, 1.82) is 0 Å². The number of aryl methyl sites for hydroxylation is 1. The molecule has 0 aliphatic heterocycles. The zero-order valence-electron chi connectivity index (χ0n) is 12.8. The second-order valence-electron chi connectivity index (χ2n) is 5.18. The Bertz CT molecular complexity index is 583. The van der Waals surface area contributed by atoms with Gasteiger partial charge in [0.1, 0.15) is 0 Å². The van der Waals surface area contributed by atoms with Gasteiger partial charge in [0.05, 0.1) is 28.5 Å². The smallest absolute Gasteiger partial charge is 0.0798 e. The average Bonchev–Trinajstić information content (AvgIpc) is 2.84. The maximum Gasteiger partial charge on any atom is 0.0798 e. The zero-order chi connectivity index (χ0) is 15.2. The van der Waals surface area contributed by atoms with Gasteiger partial charge in [-0.15, -0.1) is 11.3 Å². The van der Waals surface area contributed by atoms with Crippen LogP contribution in [0.1, 0.15) is 29.5 Å². The Hall–Kier alpha value is -1.10. The average molecular weight is 324 g/mol. The van der Waals surface area contributed by atoms with E-state index < -0.39 is 0 Å². The molecule has 1 aromatic heterocycles. The van der Waals surface area contributed by atoms with Crippen LogP contribution in [0, 0.1) is 6.92 Å². The quantitative estimate of drug-likeness (QED) is 0.772. The molecule has 0 fully saturated rings. The third-order valence-electron chi connectivity index (χ3n) is 3.40. The molecule has 0 radical (unpaired) electrons. The fourth-order valence-electron chi connectivity index (χ4n) is 2.16. The fourth-order valence-corrected chi connectivity index (χ4v) is 3.33. The summed E-state index contributed by atoms with van der Waals surface area (Å²) in [5, 5.41) is 4.19. The molecule has 0 unspecified atom stereocenters. The highest BCUT2D eigenvalue weighted by atomic mass is 35.5. The number of rotatable bonds is 7. The lowest BCUT2D eigenvalue weighted by Crippen LogP contribution is -2.17. The van der Waals surface area contributed by atoms with Gasteiger partial charge in [0.2, 0.25) is 0 Å². The molecule has 0 amide bonds. The fraction of sp³-hybridized carbons (Fsp3) is 0.438. The number of nitrogens with one attached hydrogen (secondary N) is 1. The summed E-state index contributed by atoms with van der Waals surface area (Å²) in [5.74, 6) is 0. The highest BCUT2D eigenvalue weighted by Gasteiger charge is 2.10. The van der Waals surface area contributed by atoms with E-state index in [2.05, 4.69) is 47.4 Å². The highest BCUT2D eigenvalue weighted by molar-refractivity contribution is 7.09. The predicted octanol–water partition coefficient (Wildman–Crippen LogP) is 4.24. The van der Waals surface area contributed by atoms with Gasteiger partial charge < -0.3 is 10.2 Å². The van der Waals surface area contributed by atoms with E-state index >= 15 is 0 Å². The summed E-state index contributed by atoms with van der Waals surface area (Å²) in [6.07, 6.45) is 1.14. The van der Waals surface area contributed by atoms with E-state index in [-0.39, 0.29) is 0 Å². The third kappa shape index (κ3) is 4.43. The van der Waals surface area contributed by atoms with Gasteiger partial charge in [-0.05, 0) is 37.6 Å². The Morgan fingerprint density at radius 3 is 2.81 bits per heavy atom. The van der Waals surface area contributed by atoms with Gasteiger partial charge in [-0.2, -0.15) is 0 Å². The molecule has 1 heterocycles. The first-order valence-electron chi connectivity index (χ1n) is 7.21. The van der Waals surface area contributed by atoms with Crippen LogP contribution < -0.4 is 10.2 Å². The number of halogens is 1. The first-order valence-corrected chi connectivity index (χ1v) is 8.46. The maximum atomic E-state index is 6.44. The van der Waals surface area contributed by atoms with Crippen LogP contribution in [0.5, 0.6) is 0 Å². The number of benzene rings is 1. The molecule has 0 aliphatic carbocycles. The minimum absolute atomic E-state index is 0.801. The van der Waals surface area contributed by atoms with Gasteiger partial charge in [0.25, 0.3) is 0 Å². The number of thiazole rings is 1. The van der Waals surface area contributed by atoms with E-state index in [1.54, 1.807) is 11.3 Å². The van der Waals surface area contributed by atoms with Gasteiger partial charge in [0.15, 0.2) is 0 Å². The van der Waals surface area contributed by atoms with Crippen LogP contribution in [0.15, 0.2) is 23.7 Å². The summed E-state index contributed by atoms with van der Waals surface area (Å²) < 4.78 is 0. The summed E-state index contributed by atoms with van der Waals surface area (Å²) >= 11 is 8.12. The molecule has 114 valence electrons. The lowest BCUT2D eigenvalue weighted by atomic mass is 10.2. The van der Waals surface area contributed by atoms with Gasteiger partial charge in [-0.3, -0.25) is 0 Å². The Balaban J connectivity index is 2.04. The Kier molecular flexibility index (Phi) is 6.03. The first kappa shape index (κ1) is 16.3. The molecule has 0 saturated carbocycles. The normalized spacial score (nSPS) is 10.9. The van der Waals surface area contributed by atoms with Crippen molar-refractivity contribution < 1.29 is 0 Å². The van der Waals surface area contributed by atoms with Crippen molar-refractivity contribution in [3.05, 3.63) is 44.9 Å². The summed E-state index contributed by atoms with van der Waals surface area (Å²) in [4.78, 5) is 7.74. The molecule has 5 heteroatoms. The number of anilines is 1. The molecular formula is C16H22ClN3S. The van der Waals surface area contributed by atoms with E-state index in [0.29, 0.717) is 0 Å². The van der Waals surface area contributed by atoms with Crippen molar-refractivity contribution in [2.45, 2.75) is 33.4 Å². The Labute approximate surface area is 136 Å². The number of aromatic nitrogens is 1. The summed E-state index contributed by atoms with van der Waals surface area (Å²) in [6, 6.07) is 6.29. The van der Waals surface area contributed by atoms with Gasteiger partial charge >= 0.3 is 0 Å². The van der Waals surface area contributed by atoms with Crippen molar-refractivity contribution >= 4 is 28.6 Å². The van der Waals surface area contributed by atoms with Crippen LogP contribution in [0.25, 0.3) is 0 Å². The minimum atomic E-state index is 0.801. The SMILES string of the molecule is CCCNCc1ccc(N(C)Cc2scnc2C)c(Cl)c1. The largest absolute Gasteiger partial charge is 0.368 e. The van der Waals surface area contributed by atoms with Crippen molar-refractivity contribution in [3.8, 4) is 0 Å². The molecule has 1 aromatic carbocycles. The van der Waals surface area contributed by atoms with Crippen LogP contribution in [-0.4, -0.2) is 18.6 Å². The molecule has 2 aromatic rings. The predicted molar refractivity (Wildman–Crippen MR) is 92.4 cm³/mol. The van der Waals surface area contributed by atoms with Crippen molar-refractivity contribution in [2.24, 2.45) is 0 Å². The van der Waals surface area contributed by atoms with Crippen molar-refractivity contribution in [3.63, 3.8) is 0 Å². The zero-order valence-corrected chi connectivity index (χ0v) is 14.4. The highest BCUT2D eigenvalue weighted by Crippen LogP contribution is 2.28. The molecule has 0 saturated heterocycles. The summed E-state index contributed by atoms with van der Waals surface area (Å²) in [5.41, 5.74) is 5.27. The lowest BCUT2D eigenvalue weighted by Gasteiger charge is -2.20. The van der Waals surface area contributed by atoms with Crippen LogP contribution in [-0.2, 0) is 13.1 Å². The Morgan fingerprint density at radius 2 is 2.19 bits per heavy atom. The van der Waals surface area contributed by atoms with Crippen LogP contribution in [0.2, 0.25) is 5.02 Å². The number of hydrogen-bond acceptors (Lipinski definition) is 4. The van der Waals surface area contributed by atoms with Crippen molar-refractivity contribution in [2.75, 3.05) is 18.5 Å². The molecule has 1 N–H and O–H groups in total. The second-order valence-corrected chi connectivity index (χ2v) is 6.53.